The van der Waals surface area contributed by atoms with Crippen molar-refractivity contribution in [1.82, 2.24) is 5.32 Å². The van der Waals surface area contributed by atoms with E-state index in [9.17, 15) is 9.18 Å². The number of carbonyl (C=O) groups excluding carboxylic acids is 1. The largest absolute Gasteiger partial charge is 0.468 e. The number of rotatable bonds is 5. The minimum Gasteiger partial charge on any atom is -0.468 e. The average Bonchev–Trinajstić information content (AvgIpc) is 2.37. The van der Waals surface area contributed by atoms with Crippen molar-refractivity contribution >= 4 is 21.9 Å². The standard InChI is InChI=1S/C14H19BrFNO2/c1-8(2)13(14(18)19-4)17-9(3)11-7-10(15)5-6-12(11)16/h5-9,13,17H,1-4H3/t9?,13-/m0/s1. The Kier molecular flexibility index (Phi) is 5.94. The quantitative estimate of drug-likeness (QED) is 0.840. The Morgan fingerprint density at radius 1 is 1.37 bits per heavy atom. The summed E-state index contributed by atoms with van der Waals surface area (Å²) in [6, 6.07) is 4.01. The summed E-state index contributed by atoms with van der Waals surface area (Å²) < 4.78 is 19.3. The third-order valence-corrected chi connectivity index (χ3v) is 3.47. The summed E-state index contributed by atoms with van der Waals surface area (Å²) in [5.74, 6) is -0.571. The molecule has 3 nitrogen and oxygen atoms in total. The van der Waals surface area contributed by atoms with Crippen LogP contribution in [-0.2, 0) is 9.53 Å². The Morgan fingerprint density at radius 3 is 2.53 bits per heavy atom. The highest BCUT2D eigenvalue weighted by atomic mass is 79.9. The number of nitrogens with one attached hydrogen (secondary N) is 1. The summed E-state index contributed by atoms with van der Waals surface area (Å²) in [4.78, 5) is 11.7. The van der Waals surface area contributed by atoms with Gasteiger partial charge in [0.25, 0.3) is 0 Å². The molecule has 0 radical (unpaired) electrons. The zero-order valence-corrected chi connectivity index (χ0v) is 13.1. The Hall–Kier alpha value is -0.940. The van der Waals surface area contributed by atoms with E-state index in [0.29, 0.717) is 5.56 Å². The number of methoxy groups -OCH3 is 1. The number of ether oxygens (including phenoxy) is 1. The Morgan fingerprint density at radius 2 is 2.00 bits per heavy atom. The molecule has 0 fully saturated rings. The van der Waals surface area contributed by atoms with E-state index < -0.39 is 6.04 Å². The summed E-state index contributed by atoms with van der Waals surface area (Å²) in [6.07, 6.45) is 0. The number of hydrogen-bond acceptors (Lipinski definition) is 3. The molecule has 0 bridgehead atoms. The van der Waals surface area contributed by atoms with Crippen molar-refractivity contribution in [3.8, 4) is 0 Å². The minimum absolute atomic E-state index is 0.0603. The summed E-state index contributed by atoms with van der Waals surface area (Å²) in [5.41, 5.74) is 0.518. The van der Waals surface area contributed by atoms with Crippen LogP contribution in [-0.4, -0.2) is 19.1 Å². The van der Waals surface area contributed by atoms with Crippen molar-refractivity contribution in [2.75, 3.05) is 7.11 Å². The molecule has 0 saturated heterocycles. The first-order valence-electron chi connectivity index (χ1n) is 6.15. The van der Waals surface area contributed by atoms with Gasteiger partial charge in [0, 0.05) is 16.1 Å². The summed E-state index contributed by atoms with van der Waals surface area (Å²) >= 11 is 3.32. The lowest BCUT2D eigenvalue weighted by molar-refractivity contribution is -0.144. The van der Waals surface area contributed by atoms with Gasteiger partial charge in [0.1, 0.15) is 11.9 Å². The molecule has 5 heteroatoms. The van der Waals surface area contributed by atoms with Gasteiger partial charge in [-0.05, 0) is 31.0 Å². The fourth-order valence-corrected chi connectivity index (χ4v) is 2.24. The maximum atomic E-state index is 13.8. The van der Waals surface area contributed by atoms with Crippen LogP contribution in [0.3, 0.4) is 0 Å². The third-order valence-electron chi connectivity index (χ3n) is 2.98. The molecule has 0 aliphatic heterocycles. The van der Waals surface area contributed by atoms with E-state index in [4.69, 9.17) is 4.74 Å². The predicted octanol–water partition coefficient (Wildman–Crippen LogP) is 3.44. The van der Waals surface area contributed by atoms with E-state index in [0.717, 1.165) is 4.47 Å². The van der Waals surface area contributed by atoms with Gasteiger partial charge in [-0.25, -0.2) is 4.39 Å². The number of esters is 1. The molecule has 0 spiro atoms. The third kappa shape index (κ3) is 4.28. The molecule has 19 heavy (non-hydrogen) atoms. The molecule has 0 aliphatic rings. The van der Waals surface area contributed by atoms with Crippen LogP contribution in [0, 0.1) is 11.7 Å². The molecule has 2 atom stereocenters. The number of hydrogen-bond donors (Lipinski definition) is 1. The van der Waals surface area contributed by atoms with E-state index >= 15 is 0 Å². The second kappa shape index (κ2) is 7.01. The van der Waals surface area contributed by atoms with Crippen molar-refractivity contribution in [2.24, 2.45) is 5.92 Å². The molecule has 1 aromatic carbocycles. The monoisotopic (exact) mass is 331 g/mol. The van der Waals surface area contributed by atoms with Gasteiger partial charge < -0.3 is 4.74 Å². The lowest BCUT2D eigenvalue weighted by atomic mass is 10.0. The number of carbonyl (C=O) groups is 1. The van der Waals surface area contributed by atoms with Crippen LogP contribution >= 0.6 is 15.9 Å². The zero-order valence-electron chi connectivity index (χ0n) is 11.5. The lowest BCUT2D eigenvalue weighted by Gasteiger charge is -2.24. The molecule has 1 aromatic rings. The normalized spacial score (nSPS) is 14.3. The minimum atomic E-state index is -0.460. The van der Waals surface area contributed by atoms with Crippen molar-refractivity contribution in [3.63, 3.8) is 0 Å². The van der Waals surface area contributed by atoms with E-state index in [-0.39, 0.29) is 23.7 Å². The van der Waals surface area contributed by atoms with Gasteiger partial charge >= 0.3 is 5.97 Å². The molecule has 0 aliphatic carbocycles. The maximum Gasteiger partial charge on any atom is 0.323 e. The molecule has 0 heterocycles. The van der Waals surface area contributed by atoms with E-state index in [1.807, 2.05) is 20.8 Å². The Bertz CT molecular complexity index is 451. The molecule has 0 amide bonds. The van der Waals surface area contributed by atoms with Gasteiger partial charge in [-0.1, -0.05) is 29.8 Å². The molecular formula is C14H19BrFNO2. The SMILES string of the molecule is COC(=O)[C@@H](NC(C)c1cc(Br)ccc1F)C(C)C. The molecular weight excluding hydrogens is 313 g/mol. The van der Waals surface area contributed by atoms with Crippen molar-refractivity contribution in [1.29, 1.82) is 0 Å². The molecule has 1 unspecified atom stereocenters. The second-order valence-electron chi connectivity index (χ2n) is 4.80. The molecule has 0 aromatic heterocycles. The first-order chi connectivity index (χ1) is 8.86. The van der Waals surface area contributed by atoms with Crippen LogP contribution in [0.2, 0.25) is 0 Å². The van der Waals surface area contributed by atoms with Crippen LogP contribution in [0.25, 0.3) is 0 Å². The molecule has 1 N–H and O–H groups in total. The average molecular weight is 332 g/mol. The van der Waals surface area contributed by atoms with E-state index in [1.54, 1.807) is 12.1 Å². The first kappa shape index (κ1) is 16.1. The highest BCUT2D eigenvalue weighted by molar-refractivity contribution is 9.10. The maximum absolute atomic E-state index is 13.8. The topological polar surface area (TPSA) is 38.3 Å². The highest BCUT2D eigenvalue weighted by Gasteiger charge is 2.25. The number of benzene rings is 1. The summed E-state index contributed by atoms with van der Waals surface area (Å²) in [6.45, 7) is 5.65. The van der Waals surface area contributed by atoms with Crippen molar-refractivity contribution in [3.05, 3.63) is 34.1 Å². The van der Waals surface area contributed by atoms with Crippen LogP contribution in [0.4, 0.5) is 4.39 Å². The second-order valence-corrected chi connectivity index (χ2v) is 5.71. The fourth-order valence-electron chi connectivity index (χ4n) is 1.87. The summed E-state index contributed by atoms with van der Waals surface area (Å²) in [5, 5.41) is 3.12. The lowest BCUT2D eigenvalue weighted by Crippen LogP contribution is -2.43. The van der Waals surface area contributed by atoms with E-state index in [2.05, 4.69) is 21.2 Å². The van der Waals surface area contributed by atoms with Crippen molar-refractivity contribution < 1.29 is 13.9 Å². The van der Waals surface area contributed by atoms with Crippen LogP contribution in [0.1, 0.15) is 32.4 Å². The van der Waals surface area contributed by atoms with Gasteiger partial charge in [-0.15, -0.1) is 0 Å². The van der Waals surface area contributed by atoms with Gasteiger partial charge in [0.05, 0.1) is 7.11 Å². The highest BCUT2D eigenvalue weighted by Crippen LogP contribution is 2.22. The van der Waals surface area contributed by atoms with Gasteiger partial charge in [0.15, 0.2) is 0 Å². The fraction of sp³-hybridized carbons (Fsp3) is 0.500. The molecule has 1 rings (SSSR count). The predicted molar refractivity (Wildman–Crippen MR) is 76.3 cm³/mol. The Balaban J connectivity index is 2.90. The smallest absolute Gasteiger partial charge is 0.323 e. The van der Waals surface area contributed by atoms with E-state index in [1.165, 1.54) is 13.2 Å². The van der Waals surface area contributed by atoms with Gasteiger partial charge in [-0.3, -0.25) is 10.1 Å². The molecule has 106 valence electrons. The Labute approximate surface area is 121 Å². The first-order valence-corrected chi connectivity index (χ1v) is 6.95. The van der Waals surface area contributed by atoms with Crippen LogP contribution < -0.4 is 5.32 Å². The zero-order chi connectivity index (χ0) is 14.6. The van der Waals surface area contributed by atoms with Crippen LogP contribution in [0.15, 0.2) is 22.7 Å². The van der Waals surface area contributed by atoms with Gasteiger partial charge in [-0.2, -0.15) is 0 Å². The number of halogens is 2. The van der Waals surface area contributed by atoms with Crippen molar-refractivity contribution in [2.45, 2.75) is 32.9 Å². The van der Waals surface area contributed by atoms with Gasteiger partial charge in [0.2, 0.25) is 0 Å². The van der Waals surface area contributed by atoms with Crippen LogP contribution in [0.5, 0.6) is 0 Å². The summed E-state index contributed by atoms with van der Waals surface area (Å²) in [7, 11) is 1.35. The molecule has 0 saturated carbocycles.